The van der Waals surface area contributed by atoms with Gasteiger partial charge in [-0.1, -0.05) is 13.8 Å². The minimum atomic E-state index is -1.11. The van der Waals surface area contributed by atoms with Gasteiger partial charge < -0.3 is 10.4 Å². The van der Waals surface area contributed by atoms with Crippen molar-refractivity contribution < 1.29 is 9.90 Å². The summed E-state index contributed by atoms with van der Waals surface area (Å²) in [7, 11) is 0. The van der Waals surface area contributed by atoms with Crippen LogP contribution in [0.2, 0.25) is 0 Å². The molecule has 0 unspecified atom stereocenters. The Morgan fingerprint density at radius 1 is 1.27 bits per heavy atom. The summed E-state index contributed by atoms with van der Waals surface area (Å²) in [4.78, 5) is 16.6. The average molecular weight is 427 g/mol. The molecule has 30 heavy (non-hydrogen) atoms. The van der Waals surface area contributed by atoms with Crippen molar-refractivity contribution in [2.75, 3.05) is 5.32 Å². The highest BCUT2D eigenvalue weighted by molar-refractivity contribution is 7.11. The zero-order chi connectivity index (χ0) is 21.5. The molecule has 3 aromatic rings. The van der Waals surface area contributed by atoms with E-state index >= 15 is 0 Å². The summed E-state index contributed by atoms with van der Waals surface area (Å²) < 4.78 is 2.09. The number of fused-ring (bicyclic) bond motifs is 1. The van der Waals surface area contributed by atoms with E-state index in [1.165, 1.54) is 24.2 Å². The van der Waals surface area contributed by atoms with Crippen LogP contribution >= 0.6 is 11.3 Å². The number of amides is 1. The van der Waals surface area contributed by atoms with Gasteiger partial charge >= 0.3 is 0 Å². The first-order valence-corrected chi connectivity index (χ1v) is 11.6. The van der Waals surface area contributed by atoms with Gasteiger partial charge in [-0.25, -0.2) is 4.98 Å². The van der Waals surface area contributed by atoms with Gasteiger partial charge in [-0.3, -0.25) is 9.48 Å². The van der Waals surface area contributed by atoms with Crippen molar-refractivity contribution in [3.8, 4) is 0 Å². The highest BCUT2D eigenvalue weighted by Crippen LogP contribution is 2.37. The molecular weight excluding hydrogens is 396 g/mol. The van der Waals surface area contributed by atoms with Crippen molar-refractivity contribution in [1.82, 2.24) is 14.8 Å². The first-order valence-electron chi connectivity index (χ1n) is 10.7. The molecule has 1 aromatic carbocycles. The Morgan fingerprint density at radius 3 is 2.60 bits per heavy atom. The molecule has 0 spiro atoms. The number of aliphatic hydroxyl groups is 1. The van der Waals surface area contributed by atoms with Crippen molar-refractivity contribution in [2.45, 2.75) is 65.0 Å². The van der Waals surface area contributed by atoms with E-state index in [1.807, 2.05) is 12.1 Å². The van der Waals surface area contributed by atoms with E-state index in [1.54, 1.807) is 25.4 Å². The number of benzene rings is 1. The third-order valence-electron chi connectivity index (χ3n) is 6.25. The highest BCUT2D eigenvalue weighted by atomic mass is 32.1. The van der Waals surface area contributed by atoms with Crippen LogP contribution < -0.4 is 5.32 Å². The molecule has 1 aliphatic rings. The number of hydrogen-bond donors (Lipinski definition) is 2. The van der Waals surface area contributed by atoms with E-state index in [0.29, 0.717) is 22.3 Å². The topological polar surface area (TPSA) is 80.0 Å². The van der Waals surface area contributed by atoms with Gasteiger partial charge in [-0.05, 0) is 63.5 Å². The van der Waals surface area contributed by atoms with E-state index in [9.17, 15) is 9.90 Å². The second-order valence-electron chi connectivity index (χ2n) is 9.23. The number of anilines is 1. The molecule has 2 aromatic heterocycles. The molecule has 1 aliphatic carbocycles. The molecule has 2 heterocycles. The minimum absolute atomic E-state index is 0.269. The number of aromatic nitrogens is 3. The van der Waals surface area contributed by atoms with Crippen molar-refractivity contribution in [3.63, 3.8) is 0 Å². The zero-order valence-corrected chi connectivity index (χ0v) is 18.9. The Balaban J connectivity index is 1.64. The van der Waals surface area contributed by atoms with E-state index in [-0.39, 0.29) is 5.91 Å². The maximum absolute atomic E-state index is 12.6. The van der Waals surface area contributed by atoms with Crippen molar-refractivity contribution in [1.29, 1.82) is 0 Å². The molecule has 160 valence electrons. The molecule has 1 saturated carbocycles. The first kappa shape index (κ1) is 21.0. The van der Waals surface area contributed by atoms with Crippen molar-refractivity contribution in [2.24, 2.45) is 11.8 Å². The lowest BCUT2D eigenvalue weighted by atomic mass is 9.80. The first-order chi connectivity index (χ1) is 14.2. The molecule has 0 bridgehead atoms. The normalized spacial score (nSPS) is 20.1. The Bertz CT molecular complexity index is 1030. The molecule has 6 nitrogen and oxygen atoms in total. The number of rotatable bonds is 5. The van der Waals surface area contributed by atoms with Gasteiger partial charge in [0.05, 0.1) is 17.2 Å². The summed E-state index contributed by atoms with van der Waals surface area (Å²) in [5, 5.41) is 21.6. The monoisotopic (exact) mass is 426 g/mol. The Labute approximate surface area is 181 Å². The maximum Gasteiger partial charge on any atom is 0.284 e. The van der Waals surface area contributed by atoms with Gasteiger partial charge in [-0.2, -0.15) is 5.10 Å². The summed E-state index contributed by atoms with van der Waals surface area (Å²) >= 11 is 1.29. The van der Waals surface area contributed by atoms with Gasteiger partial charge in [0, 0.05) is 34.4 Å². The summed E-state index contributed by atoms with van der Waals surface area (Å²) in [6.07, 6.45) is 8.44. The summed E-state index contributed by atoms with van der Waals surface area (Å²) in [6, 6.07) is 4.21. The van der Waals surface area contributed by atoms with Crippen LogP contribution in [0.15, 0.2) is 29.9 Å². The molecule has 2 N–H and O–H groups in total. The second kappa shape index (κ2) is 8.12. The van der Waals surface area contributed by atoms with Crippen LogP contribution in [0.4, 0.5) is 5.69 Å². The number of thiazole rings is 1. The number of nitrogens with zero attached hydrogens (tertiary/aromatic N) is 3. The second-order valence-corrected chi connectivity index (χ2v) is 10.1. The predicted molar refractivity (Wildman–Crippen MR) is 121 cm³/mol. The fourth-order valence-electron chi connectivity index (χ4n) is 4.43. The maximum atomic E-state index is 12.6. The van der Waals surface area contributed by atoms with Crippen molar-refractivity contribution >= 4 is 33.8 Å². The lowest BCUT2D eigenvalue weighted by molar-refractivity contribution is 0.0794. The number of nitrogens with one attached hydrogen (secondary N) is 1. The highest BCUT2D eigenvalue weighted by Gasteiger charge is 2.27. The van der Waals surface area contributed by atoms with Gasteiger partial charge in [0.1, 0.15) is 0 Å². The van der Waals surface area contributed by atoms with Crippen LogP contribution in [-0.2, 0) is 5.60 Å². The van der Waals surface area contributed by atoms with Gasteiger partial charge in [0.25, 0.3) is 5.91 Å². The lowest BCUT2D eigenvalue weighted by Crippen LogP contribution is -2.21. The fourth-order valence-corrected chi connectivity index (χ4v) is 4.96. The van der Waals surface area contributed by atoms with Crippen LogP contribution in [0.25, 0.3) is 10.9 Å². The van der Waals surface area contributed by atoms with Gasteiger partial charge in [-0.15, -0.1) is 11.3 Å². The van der Waals surface area contributed by atoms with E-state index in [2.05, 4.69) is 35.0 Å². The molecule has 1 amide bonds. The summed E-state index contributed by atoms with van der Waals surface area (Å²) in [5.41, 5.74) is 0.969. The van der Waals surface area contributed by atoms with Crippen molar-refractivity contribution in [3.05, 3.63) is 40.5 Å². The van der Waals surface area contributed by atoms with Gasteiger partial charge in [0.2, 0.25) is 0 Å². The van der Waals surface area contributed by atoms with E-state index in [4.69, 9.17) is 5.10 Å². The van der Waals surface area contributed by atoms with E-state index in [0.717, 1.165) is 35.6 Å². The Hall–Kier alpha value is -2.25. The standard InChI is InChI=1S/C23H30N4O2S/c1-14(2)15-5-7-17(8-6-15)27-13-16-11-20(25-21(28)22-24-9-10-30-22)18(23(3,4)29)12-19(16)26-27/h9-15,17,29H,5-8H2,1-4H3,(H,25,28). The molecule has 4 rings (SSSR count). The average Bonchev–Trinajstić information content (AvgIpc) is 3.36. The van der Waals surface area contributed by atoms with Crippen LogP contribution in [0.3, 0.4) is 0 Å². The quantitative estimate of drug-likeness (QED) is 0.575. The smallest absolute Gasteiger partial charge is 0.284 e. The molecule has 0 radical (unpaired) electrons. The number of hydrogen-bond acceptors (Lipinski definition) is 5. The lowest BCUT2D eigenvalue weighted by Gasteiger charge is -2.30. The number of carbonyl (C=O) groups excluding carboxylic acids is 1. The molecular formula is C23H30N4O2S. The SMILES string of the molecule is CC(C)C1CCC(n2cc3cc(NC(=O)c4nccs4)c(C(C)(C)O)cc3n2)CC1. The predicted octanol–water partition coefficient (Wildman–Crippen LogP) is 5.36. The van der Waals surface area contributed by atoms with E-state index < -0.39 is 5.60 Å². The van der Waals surface area contributed by atoms with Crippen LogP contribution in [0.5, 0.6) is 0 Å². The minimum Gasteiger partial charge on any atom is -0.386 e. The largest absolute Gasteiger partial charge is 0.386 e. The molecule has 0 atom stereocenters. The van der Waals surface area contributed by atoms with Gasteiger partial charge in [0.15, 0.2) is 5.01 Å². The fraction of sp³-hybridized carbons (Fsp3) is 0.522. The third-order valence-corrected chi connectivity index (χ3v) is 7.03. The summed E-state index contributed by atoms with van der Waals surface area (Å²) in [5.74, 6) is 1.27. The molecule has 0 aliphatic heterocycles. The zero-order valence-electron chi connectivity index (χ0n) is 18.1. The van der Waals surface area contributed by atoms with Crippen LogP contribution in [0, 0.1) is 11.8 Å². The van der Waals surface area contributed by atoms with Crippen LogP contribution in [0.1, 0.15) is 74.8 Å². The molecule has 7 heteroatoms. The summed E-state index contributed by atoms with van der Waals surface area (Å²) in [6.45, 7) is 8.06. The number of carbonyl (C=O) groups is 1. The molecule has 1 fully saturated rings. The third kappa shape index (κ3) is 4.27. The van der Waals surface area contributed by atoms with Crippen LogP contribution in [-0.4, -0.2) is 25.8 Å². The Kier molecular flexibility index (Phi) is 5.68. The Morgan fingerprint density at radius 2 is 2.00 bits per heavy atom. The molecule has 0 saturated heterocycles.